The molecule has 1 atom stereocenters. The van der Waals surface area contributed by atoms with Crippen molar-refractivity contribution >= 4 is 11.7 Å². The van der Waals surface area contributed by atoms with Crippen molar-refractivity contribution in [3.05, 3.63) is 77.5 Å². The van der Waals surface area contributed by atoms with Gasteiger partial charge >= 0.3 is 0 Å². The van der Waals surface area contributed by atoms with Crippen molar-refractivity contribution in [3.8, 4) is 5.75 Å². The number of rotatable bonds is 4. The van der Waals surface area contributed by atoms with Crippen LogP contribution in [0.1, 0.15) is 29.0 Å². The molecule has 2 aromatic carbocycles. The molecule has 1 N–H and O–H groups in total. The van der Waals surface area contributed by atoms with Gasteiger partial charge in [0.2, 0.25) is 5.91 Å². The van der Waals surface area contributed by atoms with Gasteiger partial charge in [-0.1, -0.05) is 48.5 Å². The van der Waals surface area contributed by atoms with Crippen LogP contribution >= 0.6 is 0 Å². The minimum atomic E-state index is -0.0515. The minimum Gasteiger partial charge on any atom is -0.496 e. The molecule has 0 fully saturated rings. The number of nitrogens with one attached hydrogen (secondary N) is 1. The molecule has 5 heteroatoms. The van der Waals surface area contributed by atoms with Crippen LogP contribution in [0, 0.1) is 0 Å². The fraction of sp³-hybridized carbons (Fsp3) is 0.200. The number of ether oxygens (including phenoxy) is 1. The number of methoxy groups -OCH3 is 1. The molecule has 5 nitrogen and oxygen atoms in total. The Kier molecular flexibility index (Phi) is 3.98. The van der Waals surface area contributed by atoms with E-state index in [-0.39, 0.29) is 11.8 Å². The first-order valence-corrected chi connectivity index (χ1v) is 8.28. The normalized spacial score (nSPS) is 16.2. The second kappa shape index (κ2) is 6.43. The fourth-order valence-corrected chi connectivity index (χ4v) is 3.38. The molecular weight excluding hydrogens is 314 g/mol. The summed E-state index contributed by atoms with van der Waals surface area (Å²) in [6, 6.07) is 17.9. The van der Waals surface area contributed by atoms with Gasteiger partial charge in [-0.2, -0.15) is 5.10 Å². The zero-order valence-electron chi connectivity index (χ0n) is 14.0. The summed E-state index contributed by atoms with van der Waals surface area (Å²) in [6.07, 6.45) is 2.25. The Morgan fingerprint density at radius 3 is 2.68 bits per heavy atom. The van der Waals surface area contributed by atoms with E-state index in [1.807, 2.05) is 53.3 Å². The van der Waals surface area contributed by atoms with Gasteiger partial charge in [-0.3, -0.25) is 4.79 Å². The van der Waals surface area contributed by atoms with E-state index in [1.165, 1.54) is 0 Å². The summed E-state index contributed by atoms with van der Waals surface area (Å²) in [4.78, 5) is 12.3. The summed E-state index contributed by atoms with van der Waals surface area (Å²) in [7, 11) is 1.65. The summed E-state index contributed by atoms with van der Waals surface area (Å²) >= 11 is 0. The lowest BCUT2D eigenvalue weighted by molar-refractivity contribution is -0.116. The molecule has 2 heterocycles. The first-order valence-electron chi connectivity index (χ1n) is 8.28. The van der Waals surface area contributed by atoms with Crippen LogP contribution in [0.25, 0.3) is 0 Å². The number of fused-ring (bicyclic) bond motifs is 1. The number of aromatic nitrogens is 2. The topological polar surface area (TPSA) is 56.1 Å². The minimum absolute atomic E-state index is 0.00165. The third-order valence-electron chi connectivity index (χ3n) is 4.58. The maximum absolute atomic E-state index is 12.3. The van der Waals surface area contributed by atoms with Crippen LogP contribution in [0.15, 0.2) is 60.8 Å². The van der Waals surface area contributed by atoms with Gasteiger partial charge < -0.3 is 10.1 Å². The molecule has 0 spiro atoms. The van der Waals surface area contributed by atoms with E-state index in [1.54, 1.807) is 7.11 Å². The van der Waals surface area contributed by atoms with Crippen LogP contribution in [0.4, 0.5) is 5.82 Å². The van der Waals surface area contributed by atoms with Crippen molar-refractivity contribution in [2.45, 2.75) is 18.9 Å². The van der Waals surface area contributed by atoms with Gasteiger partial charge in [0.15, 0.2) is 0 Å². The zero-order chi connectivity index (χ0) is 17.2. The van der Waals surface area contributed by atoms with E-state index < -0.39 is 0 Å². The molecule has 0 bridgehead atoms. The van der Waals surface area contributed by atoms with E-state index in [4.69, 9.17) is 4.74 Å². The number of nitrogens with zero attached hydrogens (tertiary/aromatic N) is 2. The van der Waals surface area contributed by atoms with Crippen LogP contribution in [0.5, 0.6) is 5.75 Å². The van der Waals surface area contributed by atoms with Gasteiger partial charge in [-0.15, -0.1) is 0 Å². The maximum atomic E-state index is 12.3. The maximum Gasteiger partial charge on any atom is 0.226 e. The standard InChI is InChI=1S/C20H19N3O2/c1-25-18-10-6-5-9-15(18)16-11-19(24)22-20-17(16)12-21-23(20)13-14-7-3-2-4-8-14/h2-10,12,16H,11,13H2,1H3,(H,22,24)/t16-/m1/s1. The monoisotopic (exact) mass is 333 g/mol. The van der Waals surface area contributed by atoms with Crippen LogP contribution in [0.3, 0.4) is 0 Å². The highest BCUT2D eigenvalue weighted by atomic mass is 16.5. The second-order valence-corrected chi connectivity index (χ2v) is 6.14. The quantitative estimate of drug-likeness (QED) is 0.796. The van der Waals surface area contributed by atoms with E-state index >= 15 is 0 Å². The number of anilines is 1. The molecule has 25 heavy (non-hydrogen) atoms. The molecular formula is C20H19N3O2. The predicted molar refractivity (Wildman–Crippen MR) is 95.9 cm³/mol. The molecule has 1 aliphatic rings. The molecule has 0 radical (unpaired) electrons. The van der Waals surface area contributed by atoms with E-state index in [9.17, 15) is 4.79 Å². The molecule has 1 aromatic heterocycles. The van der Waals surface area contributed by atoms with Crippen molar-refractivity contribution in [1.29, 1.82) is 0 Å². The summed E-state index contributed by atoms with van der Waals surface area (Å²) in [5, 5.41) is 7.51. The smallest absolute Gasteiger partial charge is 0.226 e. The Balaban J connectivity index is 1.74. The summed E-state index contributed by atoms with van der Waals surface area (Å²) in [5.41, 5.74) is 3.18. The van der Waals surface area contributed by atoms with Crippen LogP contribution < -0.4 is 10.1 Å². The van der Waals surface area contributed by atoms with Crippen molar-refractivity contribution in [3.63, 3.8) is 0 Å². The van der Waals surface area contributed by atoms with Crippen molar-refractivity contribution in [2.75, 3.05) is 12.4 Å². The van der Waals surface area contributed by atoms with Gasteiger partial charge in [0.1, 0.15) is 11.6 Å². The average molecular weight is 333 g/mol. The number of hydrogen-bond donors (Lipinski definition) is 1. The van der Waals surface area contributed by atoms with E-state index in [0.29, 0.717) is 13.0 Å². The highest BCUT2D eigenvalue weighted by Crippen LogP contribution is 2.40. The van der Waals surface area contributed by atoms with Crippen LogP contribution in [0.2, 0.25) is 0 Å². The van der Waals surface area contributed by atoms with Crippen LogP contribution in [-0.4, -0.2) is 22.8 Å². The third kappa shape index (κ3) is 2.89. The Morgan fingerprint density at radius 2 is 1.88 bits per heavy atom. The highest BCUT2D eigenvalue weighted by molar-refractivity contribution is 5.94. The van der Waals surface area contributed by atoms with Crippen molar-refractivity contribution in [2.24, 2.45) is 0 Å². The molecule has 0 unspecified atom stereocenters. The van der Waals surface area contributed by atoms with Gasteiger partial charge in [-0.25, -0.2) is 4.68 Å². The van der Waals surface area contributed by atoms with Crippen molar-refractivity contribution < 1.29 is 9.53 Å². The lowest BCUT2D eigenvalue weighted by Gasteiger charge is -2.25. The third-order valence-corrected chi connectivity index (χ3v) is 4.58. The molecule has 4 rings (SSSR count). The Bertz CT molecular complexity index is 902. The SMILES string of the molecule is COc1ccccc1[C@H]1CC(=O)Nc2c1cnn2Cc1ccccc1. The molecule has 1 amide bonds. The van der Waals surface area contributed by atoms with Gasteiger partial charge in [-0.05, 0) is 11.6 Å². The molecule has 0 aliphatic carbocycles. The number of carbonyl (C=O) groups is 1. The van der Waals surface area contributed by atoms with E-state index in [0.717, 1.165) is 28.3 Å². The number of hydrogen-bond acceptors (Lipinski definition) is 3. The number of carbonyl (C=O) groups excluding carboxylic acids is 1. The molecule has 126 valence electrons. The van der Waals surface area contributed by atoms with Crippen LogP contribution in [-0.2, 0) is 11.3 Å². The average Bonchev–Trinajstić information content (AvgIpc) is 3.04. The zero-order valence-corrected chi connectivity index (χ0v) is 14.0. The molecule has 0 saturated carbocycles. The van der Waals surface area contributed by atoms with Gasteiger partial charge in [0.25, 0.3) is 0 Å². The summed E-state index contributed by atoms with van der Waals surface area (Å²) in [6.45, 7) is 0.620. The van der Waals surface area contributed by atoms with Gasteiger partial charge in [0, 0.05) is 23.5 Å². The lowest BCUT2D eigenvalue weighted by Crippen LogP contribution is -2.25. The first kappa shape index (κ1) is 15.4. The largest absolute Gasteiger partial charge is 0.496 e. The molecule has 1 aliphatic heterocycles. The second-order valence-electron chi connectivity index (χ2n) is 6.14. The summed E-state index contributed by atoms with van der Waals surface area (Å²) < 4.78 is 7.34. The van der Waals surface area contributed by atoms with Gasteiger partial charge in [0.05, 0.1) is 19.9 Å². The Labute approximate surface area is 146 Å². The lowest BCUT2D eigenvalue weighted by atomic mass is 9.87. The number of benzene rings is 2. The predicted octanol–water partition coefficient (Wildman–Crippen LogP) is 3.41. The van der Waals surface area contributed by atoms with Crippen molar-refractivity contribution in [1.82, 2.24) is 9.78 Å². The Hall–Kier alpha value is -3.08. The number of para-hydroxylation sites is 1. The first-order chi connectivity index (χ1) is 12.3. The Morgan fingerprint density at radius 1 is 1.12 bits per heavy atom. The van der Waals surface area contributed by atoms with E-state index in [2.05, 4.69) is 22.5 Å². The molecule has 0 saturated heterocycles. The highest BCUT2D eigenvalue weighted by Gasteiger charge is 2.31. The molecule has 3 aromatic rings. The fourth-order valence-electron chi connectivity index (χ4n) is 3.38. The number of amides is 1. The summed E-state index contributed by atoms with van der Waals surface area (Å²) in [5.74, 6) is 1.52.